The van der Waals surface area contributed by atoms with E-state index in [0.29, 0.717) is 34.3 Å². The van der Waals surface area contributed by atoms with Crippen molar-refractivity contribution in [2.45, 2.75) is 38.9 Å². The van der Waals surface area contributed by atoms with Gasteiger partial charge in [0.15, 0.2) is 10.9 Å². The molecule has 2 aromatic carbocycles. The summed E-state index contributed by atoms with van der Waals surface area (Å²) in [7, 11) is 0. The minimum atomic E-state index is -0.0619. The maximum atomic E-state index is 13.2. The predicted molar refractivity (Wildman–Crippen MR) is 132 cm³/mol. The average Bonchev–Trinajstić information content (AvgIpc) is 3.37. The molecule has 7 nitrogen and oxygen atoms in total. The topological polar surface area (TPSA) is 85.0 Å². The van der Waals surface area contributed by atoms with Crippen LogP contribution in [0.2, 0.25) is 0 Å². The van der Waals surface area contributed by atoms with Crippen molar-refractivity contribution < 1.29 is 4.79 Å². The molecule has 1 N–H and O–H groups in total. The molecule has 8 heteroatoms. The van der Waals surface area contributed by atoms with E-state index in [1.165, 1.54) is 11.8 Å². The number of thioether (sulfide) groups is 1. The molecular weight excluding hydrogens is 434 g/mol. The Balaban J connectivity index is 1.54. The maximum Gasteiger partial charge on any atom is 0.262 e. The van der Waals surface area contributed by atoms with Crippen molar-refractivity contribution in [3.63, 3.8) is 0 Å². The van der Waals surface area contributed by atoms with Crippen LogP contribution >= 0.6 is 11.8 Å². The first-order chi connectivity index (χ1) is 16.0. The van der Waals surface area contributed by atoms with Gasteiger partial charge < -0.3 is 4.98 Å². The van der Waals surface area contributed by atoms with Gasteiger partial charge in [-0.1, -0.05) is 55.9 Å². The lowest BCUT2D eigenvalue weighted by Crippen LogP contribution is -2.24. The number of fused-ring (bicyclic) bond motifs is 4. The molecule has 3 aromatic heterocycles. The van der Waals surface area contributed by atoms with Crippen molar-refractivity contribution >= 4 is 45.1 Å². The zero-order valence-corrected chi connectivity index (χ0v) is 19.6. The van der Waals surface area contributed by atoms with Gasteiger partial charge in [-0.2, -0.15) is 0 Å². The van der Waals surface area contributed by atoms with Crippen LogP contribution in [0.15, 0.2) is 58.5 Å². The highest BCUT2D eigenvalue weighted by Crippen LogP contribution is 2.26. The van der Waals surface area contributed by atoms with Gasteiger partial charge in [0, 0.05) is 28.7 Å². The van der Waals surface area contributed by atoms with Crippen molar-refractivity contribution in [2.24, 2.45) is 5.92 Å². The zero-order chi connectivity index (χ0) is 23.1. The minimum absolute atomic E-state index is 0.0316. The van der Waals surface area contributed by atoms with Gasteiger partial charge in [-0.3, -0.25) is 18.6 Å². The van der Waals surface area contributed by atoms with E-state index in [2.05, 4.69) is 29.0 Å². The van der Waals surface area contributed by atoms with E-state index in [9.17, 15) is 9.59 Å². The Bertz CT molecular complexity index is 1560. The van der Waals surface area contributed by atoms with Crippen LogP contribution in [0.5, 0.6) is 0 Å². The van der Waals surface area contributed by atoms with Gasteiger partial charge in [0.05, 0.1) is 16.7 Å². The van der Waals surface area contributed by atoms with Crippen molar-refractivity contribution in [3.05, 3.63) is 70.1 Å². The van der Waals surface area contributed by atoms with Crippen LogP contribution in [0.25, 0.3) is 27.6 Å². The highest BCUT2D eigenvalue weighted by atomic mass is 32.2. The Morgan fingerprint density at radius 3 is 2.58 bits per heavy atom. The smallest absolute Gasteiger partial charge is 0.262 e. The lowest BCUT2D eigenvalue weighted by molar-refractivity contribution is 0.102. The first-order valence-electron chi connectivity index (χ1n) is 11.1. The van der Waals surface area contributed by atoms with E-state index < -0.39 is 0 Å². The number of carbonyl (C=O) groups excluding carboxylic acids is 1. The van der Waals surface area contributed by atoms with E-state index in [0.717, 1.165) is 28.5 Å². The molecule has 0 amide bonds. The van der Waals surface area contributed by atoms with Gasteiger partial charge in [-0.05, 0) is 37.5 Å². The van der Waals surface area contributed by atoms with Crippen LogP contribution < -0.4 is 5.56 Å². The van der Waals surface area contributed by atoms with Crippen LogP contribution in [0.3, 0.4) is 0 Å². The van der Waals surface area contributed by atoms with Crippen LogP contribution in [-0.4, -0.2) is 35.7 Å². The molecule has 0 bridgehead atoms. The quantitative estimate of drug-likeness (QED) is 0.278. The molecule has 5 rings (SSSR count). The predicted octanol–water partition coefficient (Wildman–Crippen LogP) is 4.86. The molecule has 0 saturated carbocycles. The number of hydrogen-bond donors (Lipinski definition) is 1. The first kappa shape index (κ1) is 21.5. The van der Waals surface area contributed by atoms with Crippen molar-refractivity contribution in [2.75, 3.05) is 5.75 Å². The minimum Gasteiger partial charge on any atom is -0.358 e. The van der Waals surface area contributed by atoms with Crippen LogP contribution in [-0.2, 0) is 6.54 Å². The summed E-state index contributed by atoms with van der Waals surface area (Å²) < 4.78 is 3.60. The molecule has 0 unspecified atom stereocenters. The standard InChI is InChI=1S/C25H25N5O2S/c1-15(2)12-13-29-23(32)18-9-5-7-11-20(18)30-24(29)27-28-25(30)33-14-21(31)22-16(3)26-19-10-6-4-8-17(19)22/h4-11,15,26H,12-14H2,1-3H3. The number of nitrogens with one attached hydrogen (secondary N) is 1. The molecule has 0 spiro atoms. The number of aromatic amines is 1. The summed E-state index contributed by atoms with van der Waals surface area (Å²) in [6, 6.07) is 15.3. The summed E-state index contributed by atoms with van der Waals surface area (Å²) in [5, 5.41) is 10.9. The van der Waals surface area contributed by atoms with E-state index in [1.807, 2.05) is 59.9 Å². The number of rotatable bonds is 7. The monoisotopic (exact) mass is 459 g/mol. The van der Waals surface area contributed by atoms with Gasteiger partial charge in [0.25, 0.3) is 5.56 Å². The maximum absolute atomic E-state index is 13.2. The number of Topliss-reactive ketones (excluding diaryl/α,β-unsaturated/α-hetero) is 1. The van der Waals surface area contributed by atoms with E-state index in [1.54, 1.807) is 4.57 Å². The van der Waals surface area contributed by atoms with Gasteiger partial charge >= 0.3 is 0 Å². The Labute approximate surface area is 194 Å². The Morgan fingerprint density at radius 1 is 1.06 bits per heavy atom. The number of para-hydroxylation sites is 2. The van der Waals surface area contributed by atoms with Crippen LogP contribution in [0.1, 0.15) is 36.3 Å². The van der Waals surface area contributed by atoms with E-state index >= 15 is 0 Å². The Morgan fingerprint density at radius 2 is 1.79 bits per heavy atom. The molecule has 0 aliphatic rings. The number of aryl methyl sites for hydroxylation is 2. The van der Waals surface area contributed by atoms with Crippen LogP contribution in [0.4, 0.5) is 0 Å². The summed E-state index contributed by atoms with van der Waals surface area (Å²) in [5.41, 5.74) is 3.22. The SMILES string of the molecule is Cc1[nH]c2ccccc2c1C(=O)CSc1nnc2n(CCC(C)C)c(=O)c3ccccc3n12. The van der Waals surface area contributed by atoms with Gasteiger partial charge in [-0.25, -0.2) is 0 Å². The Kier molecular flexibility index (Phi) is 5.54. The molecule has 0 atom stereocenters. The summed E-state index contributed by atoms with van der Waals surface area (Å²) in [6.45, 7) is 6.76. The van der Waals surface area contributed by atoms with Gasteiger partial charge in [0.1, 0.15) is 0 Å². The third-order valence-corrected chi connectivity index (χ3v) is 6.84. The summed E-state index contributed by atoms with van der Waals surface area (Å²) in [6.07, 6.45) is 0.863. The molecule has 5 aromatic rings. The lowest BCUT2D eigenvalue weighted by atomic mass is 10.1. The van der Waals surface area contributed by atoms with Crippen LogP contribution in [0, 0.1) is 12.8 Å². The summed E-state index contributed by atoms with van der Waals surface area (Å²) in [5.74, 6) is 1.22. The zero-order valence-electron chi connectivity index (χ0n) is 18.8. The number of aromatic nitrogens is 5. The summed E-state index contributed by atoms with van der Waals surface area (Å²) in [4.78, 5) is 29.6. The van der Waals surface area contributed by atoms with E-state index in [-0.39, 0.29) is 17.1 Å². The molecule has 168 valence electrons. The number of nitrogens with zero attached hydrogens (tertiary/aromatic N) is 4. The number of ketones is 1. The highest BCUT2D eigenvalue weighted by molar-refractivity contribution is 7.99. The van der Waals surface area contributed by atoms with Gasteiger partial charge in [0.2, 0.25) is 5.78 Å². The molecule has 3 heterocycles. The molecule has 0 fully saturated rings. The molecule has 33 heavy (non-hydrogen) atoms. The molecular formula is C25H25N5O2S. The lowest BCUT2D eigenvalue weighted by Gasteiger charge is -2.12. The number of carbonyl (C=O) groups is 1. The largest absolute Gasteiger partial charge is 0.358 e. The number of hydrogen-bond acceptors (Lipinski definition) is 5. The molecule has 0 aliphatic heterocycles. The normalized spacial score (nSPS) is 11.9. The first-order valence-corrected chi connectivity index (χ1v) is 12.0. The fourth-order valence-electron chi connectivity index (χ4n) is 4.25. The summed E-state index contributed by atoms with van der Waals surface area (Å²) >= 11 is 1.34. The molecule has 0 radical (unpaired) electrons. The average molecular weight is 460 g/mol. The van der Waals surface area contributed by atoms with Crippen molar-refractivity contribution in [3.8, 4) is 0 Å². The van der Waals surface area contributed by atoms with Crippen molar-refractivity contribution in [1.82, 2.24) is 24.1 Å². The van der Waals surface area contributed by atoms with Gasteiger partial charge in [-0.15, -0.1) is 10.2 Å². The second-order valence-electron chi connectivity index (χ2n) is 8.66. The number of H-pyrrole nitrogens is 1. The second kappa shape index (κ2) is 8.51. The Hall–Kier alpha value is -3.39. The second-order valence-corrected chi connectivity index (χ2v) is 9.60. The third kappa shape index (κ3) is 3.74. The molecule has 0 aliphatic carbocycles. The molecule has 0 saturated heterocycles. The van der Waals surface area contributed by atoms with E-state index in [4.69, 9.17) is 0 Å². The fourth-order valence-corrected chi connectivity index (χ4v) is 5.07. The third-order valence-electron chi connectivity index (χ3n) is 5.91. The van der Waals surface area contributed by atoms with Crippen molar-refractivity contribution in [1.29, 1.82) is 0 Å². The number of benzene rings is 2. The fraction of sp³-hybridized carbons (Fsp3) is 0.280. The highest BCUT2D eigenvalue weighted by Gasteiger charge is 2.20.